The fraction of sp³-hybridized carbons (Fsp3) is 0.250. The Morgan fingerprint density at radius 3 is 3.00 bits per heavy atom. The summed E-state index contributed by atoms with van der Waals surface area (Å²) in [7, 11) is 0. The molecule has 0 fully saturated rings. The zero-order chi connectivity index (χ0) is 11.5. The number of nitrogens with two attached hydrogens (primary N) is 1. The quantitative estimate of drug-likeness (QED) is 0.772. The maximum Gasteiger partial charge on any atom is 0.223 e. The number of hydrogen-bond donors (Lipinski definition) is 2. The van der Waals surface area contributed by atoms with Gasteiger partial charge < -0.3 is 15.6 Å². The SMILES string of the molecule is Cc1nc(CNc2ncnc(Cl)c2N)no1. The highest BCUT2D eigenvalue weighted by molar-refractivity contribution is 6.32. The molecule has 7 nitrogen and oxygen atoms in total. The highest BCUT2D eigenvalue weighted by Crippen LogP contribution is 2.21. The minimum Gasteiger partial charge on any atom is -0.393 e. The van der Waals surface area contributed by atoms with E-state index in [0.29, 0.717) is 29.8 Å². The van der Waals surface area contributed by atoms with Crippen LogP contribution in [0, 0.1) is 6.92 Å². The van der Waals surface area contributed by atoms with Crippen molar-refractivity contribution >= 4 is 23.1 Å². The first-order chi connectivity index (χ1) is 7.66. The second kappa shape index (κ2) is 4.31. The van der Waals surface area contributed by atoms with Gasteiger partial charge in [0, 0.05) is 6.92 Å². The summed E-state index contributed by atoms with van der Waals surface area (Å²) in [6.45, 7) is 2.07. The van der Waals surface area contributed by atoms with Gasteiger partial charge in [-0.25, -0.2) is 9.97 Å². The van der Waals surface area contributed by atoms with E-state index in [4.69, 9.17) is 21.9 Å². The third-order valence-corrected chi connectivity index (χ3v) is 2.12. The largest absolute Gasteiger partial charge is 0.393 e. The summed E-state index contributed by atoms with van der Waals surface area (Å²) in [4.78, 5) is 11.7. The molecule has 0 aliphatic heterocycles. The average molecular weight is 241 g/mol. The number of rotatable bonds is 3. The molecule has 0 aliphatic carbocycles. The zero-order valence-corrected chi connectivity index (χ0v) is 9.19. The maximum atomic E-state index is 5.73. The van der Waals surface area contributed by atoms with Gasteiger partial charge in [0.05, 0.1) is 6.54 Å². The second-order valence-corrected chi connectivity index (χ2v) is 3.37. The van der Waals surface area contributed by atoms with Crippen molar-refractivity contribution < 1.29 is 4.52 Å². The Morgan fingerprint density at radius 2 is 2.31 bits per heavy atom. The van der Waals surface area contributed by atoms with Gasteiger partial charge in [0.2, 0.25) is 5.89 Å². The molecule has 0 aliphatic rings. The molecule has 0 amide bonds. The smallest absolute Gasteiger partial charge is 0.223 e. The molecule has 2 aromatic rings. The molecule has 2 rings (SSSR count). The summed E-state index contributed by atoms with van der Waals surface area (Å²) in [5, 5.41) is 6.86. The van der Waals surface area contributed by atoms with Crippen molar-refractivity contribution in [3.63, 3.8) is 0 Å². The van der Waals surface area contributed by atoms with Crippen LogP contribution in [0.25, 0.3) is 0 Å². The first-order valence-electron chi connectivity index (χ1n) is 4.46. The zero-order valence-electron chi connectivity index (χ0n) is 8.44. The number of aryl methyl sites for hydroxylation is 1. The van der Waals surface area contributed by atoms with Gasteiger partial charge in [0.15, 0.2) is 16.8 Å². The summed E-state index contributed by atoms with van der Waals surface area (Å²) < 4.78 is 4.82. The Balaban J connectivity index is 2.07. The van der Waals surface area contributed by atoms with Crippen molar-refractivity contribution in [2.45, 2.75) is 13.5 Å². The van der Waals surface area contributed by atoms with E-state index in [0.717, 1.165) is 0 Å². The Bertz CT molecular complexity index is 499. The summed E-state index contributed by atoms with van der Waals surface area (Å²) >= 11 is 5.73. The van der Waals surface area contributed by atoms with Crippen LogP contribution in [0.4, 0.5) is 11.5 Å². The van der Waals surface area contributed by atoms with E-state index in [9.17, 15) is 0 Å². The first kappa shape index (κ1) is 10.6. The van der Waals surface area contributed by atoms with E-state index in [1.165, 1.54) is 6.33 Å². The molecule has 0 saturated heterocycles. The first-order valence-corrected chi connectivity index (χ1v) is 4.83. The number of anilines is 2. The van der Waals surface area contributed by atoms with Gasteiger partial charge in [-0.1, -0.05) is 16.8 Å². The minimum absolute atomic E-state index is 0.210. The van der Waals surface area contributed by atoms with Gasteiger partial charge in [-0.05, 0) is 0 Å². The highest BCUT2D eigenvalue weighted by atomic mass is 35.5. The van der Waals surface area contributed by atoms with Gasteiger partial charge >= 0.3 is 0 Å². The van der Waals surface area contributed by atoms with Gasteiger partial charge in [-0.2, -0.15) is 4.98 Å². The Kier molecular flexibility index (Phi) is 2.86. The Labute approximate surface area is 96.0 Å². The highest BCUT2D eigenvalue weighted by Gasteiger charge is 2.07. The van der Waals surface area contributed by atoms with Gasteiger partial charge in [-0.3, -0.25) is 0 Å². The van der Waals surface area contributed by atoms with Gasteiger partial charge in [-0.15, -0.1) is 0 Å². The Hall–Kier alpha value is -1.89. The van der Waals surface area contributed by atoms with E-state index in [-0.39, 0.29) is 5.15 Å². The summed E-state index contributed by atoms with van der Waals surface area (Å²) in [6, 6.07) is 0. The van der Waals surface area contributed by atoms with Gasteiger partial charge in [0.1, 0.15) is 12.0 Å². The predicted octanol–water partition coefficient (Wildman–Crippen LogP) is 1.02. The number of nitrogens with zero attached hydrogens (tertiary/aromatic N) is 4. The van der Waals surface area contributed by atoms with E-state index < -0.39 is 0 Å². The molecule has 0 bridgehead atoms. The molecule has 0 atom stereocenters. The topological polar surface area (TPSA) is 103 Å². The second-order valence-electron chi connectivity index (χ2n) is 3.01. The van der Waals surface area contributed by atoms with Crippen LogP contribution in [0.2, 0.25) is 5.15 Å². The van der Waals surface area contributed by atoms with Gasteiger partial charge in [0.25, 0.3) is 0 Å². The molecule has 2 aromatic heterocycles. The van der Waals surface area contributed by atoms with Crippen LogP contribution in [-0.4, -0.2) is 20.1 Å². The summed E-state index contributed by atoms with van der Waals surface area (Å²) in [5.41, 5.74) is 5.96. The third kappa shape index (κ3) is 2.19. The number of nitrogen functional groups attached to an aromatic ring is 1. The van der Waals surface area contributed by atoms with E-state index in [1.54, 1.807) is 6.92 Å². The molecule has 0 unspecified atom stereocenters. The van der Waals surface area contributed by atoms with Crippen molar-refractivity contribution in [2.75, 3.05) is 11.1 Å². The number of nitrogens with one attached hydrogen (secondary N) is 1. The van der Waals surface area contributed by atoms with E-state index in [2.05, 4.69) is 25.4 Å². The van der Waals surface area contributed by atoms with Crippen LogP contribution < -0.4 is 11.1 Å². The molecule has 2 heterocycles. The average Bonchev–Trinajstić information content (AvgIpc) is 2.67. The molecular weight excluding hydrogens is 232 g/mol. The molecule has 84 valence electrons. The van der Waals surface area contributed by atoms with Crippen LogP contribution in [0.15, 0.2) is 10.9 Å². The number of hydrogen-bond acceptors (Lipinski definition) is 7. The monoisotopic (exact) mass is 240 g/mol. The van der Waals surface area contributed by atoms with Crippen LogP contribution in [0.5, 0.6) is 0 Å². The lowest BCUT2D eigenvalue weighted by Gasteiger charge is -2.05. The van der Waals surface area contributed by atoms with Crippen molar-refractivity contribution in [3.05, 3.63) is 23.2 Å². The third-order valence-electron chi connectivity index (χ3n) is 1.82. The molecule has 0 saturated carbocycles. The van der Waals surface area contributed by atoms with Crippen LogP contribution in [-0.2, 0) is 6.54 Å². The van der Waals surface area contributed by atoms with E-state index in [1.807, 2.05) is 0 Å². The van der Waals surface area contributed by atoms with Crippen LogP contribution in [0.1, 0.15) is 11.7 Å². The molecule has 16 heavy (non-hydrogen) atoms. The fourth-order valence-corrected chi connectivity index (χ4v) is 1.22. The van der Waals surface area contributed by atoms with Crippen molar-refractivity contribution in [2.24, 2.45) is 0 Å². The van der Waals surface area contributed by atoms with Crippen molar-refractivity contribution in [1.29, 1.82) is 0 Å². The molecule has 8 heteroatoms. The van der Waals surface area contributed by atoms with Crippen LogP contribution in [0.3, 0.4) is 0 Å². The standard InChI is InChI=1S/C8H9ClN6O/c1-4-14-5(15-16-4)2-11-8-6(10)7(9)12-3-13-8/h3H,2,10H2,1H3,(H,11,12,13). The molecule has 0 aromatic carbocycles. The normalized spacial score (nSPS) is 10.4. The predicted molar refractivity (Wildman–Crippen MR) is 57.8 cm³/mol. The Morgan fingerprint density at radius 1 is 1.50 bits per heavy atom. The minimum atomic E-state index is 0.210. The summed E-state index contributed by atoms with van der Waals surface area (Å²) in [6.07, 6.45) is 1.32. The molecular formula is C8H9ClN6O. The van der Waals surface area contributed by atoms with Crippen molar-refractivity contribution in [1.82, 2.24) is 20.1 Å². The molecule has 0 spiro atoms. The number of halogens is 1. The lowest BCUT2D eigenvalue weighted by molar-refractivity contribution is 0.388. The molecule has 0 radical (unpaired) electrons. The number of aromatic nitrogens is 4. The summed E-state index contributed by atoms with van der Waals surface area (Å²) in [5.74, 6) is 1.47. The molecule has 3 N–H and O–H groups in total. The van der Waals surface area contributed by atoms with Crippen LogP contribution >= 0.6 is 11.6 Å². The fourth-order valence-electron chi connectivity index (χ4n) is 1.09. The maximum absolute atomic E-state index is 5.73. The lowest BCUT2D eigenvalue weighted by atomic mass is 10.4. The lowest BCUT2D eigenvalue weighted by Crippen LogP contribution is -2.06. The van der Waals surface area contributed by atoms with Crippen molar-refractivity contribution in [3.8, 4) is 0 Å². The van der Waals surface area contributed by atoms with E-state index >= 15 is 0 Å².